The number of benzene rings is 1. The molecule has 1 aliphatic rings. The first-order valence-corrected chi connectivity index (χ1v) is 11.6. The first-order chi connectivity index (χ1) is 13.6. The van der Waals surface area contributed by atoms with E-state index in [4.69, 9.17) is 0 Å². The third-order valence-corrected chi connectivity index (χ3v) is 6.89. The summed E-state index contributed by atoms with van der Waals surface area (Å²) in [5.74, 6) is 1.43. The van der Waals surface area contributed by atoms with Crippen LogP contribution in [0.1, 0.15) is 35.0 Å². The van der Waals surface area contributed by atoms with Crippen molar-refractivity contribution in [3.05, 3.63) is 41.0 Å². The summed E-state index contributed by atoms with van der Waals surface area (Å²) in [5.41, 5.74) is 1.50. The van der Waals surface area contributed by atoms with Crippen molar-refractivity contribution < 1.29 is 4.79 Å². The zero-order chi connectivity index (χ0) is 19.7. The Balaban J connectivity index is 1.73. The van der Waals surface area contributed by atoms with E-state index in [1.165, 1.54) is 6.42 Å². The maximum atomic E-state index is 13.2. The quantitative estimate of drug-likeness (QED) is 0.596. The fraction of sp³-hybridized carbons (Fsp3) is 0.381. The Morgan fingerprint density at radius 3 is 3.00 bits per heavy atom. The molecule has 7 heteroatoms. The molecule has 0 aliphatic carbocycles. The molecule has 2 aromatic heterocycles. The van der Waals surface area contributed by atoms with Crippen molar-refractivity contribution in [3.63, 3.8) is 0 Å². The number of hydrogen-bond donors (Lipinski definition) is 1. The van der Waals surface area contributed by atoms with Gasteiger partial charge in [-0.3, -0.25) is 4.79 Å². The molecule has 1 aromatic carbocycles. The minimum atomic E-state index is -0.0943. The number of fused-ring (bicyclic) bond motifs is 1. The predicted molar refractivity (Wildman–Crippen MR) is 119 cm³/mol. The van der Waals surface area contributed by atoms with Crippen molar-refractivity contribution in [2.45, 2.75) is 31.6 Å². The number of carbonyl (C=O) groups is 1. The van der Waals surface area contributed by atoms with Gasteiger partial charge in [-0.2, -0.15) is 0 Å². The summed E-state index contributed by atoms with van der Waals surface area (Å²) >= 11 is 3.22. The second-order valence-corrected chi connectivity index (χ2v) is 9.37. The third kappa shape index (κ3) is 3.73. The van der Waals surface area contributed by atoms with Crippen LogP contribution in [0.5, 0.6) is 0 Å². The minimum Gasteiger partial charge on any atom is -0.356 e. The summed E-state index contributed by atoms with van der Waals surface area (Å²) in [6.45, 7) is 6.21. The van der Waals surface area contributed by atoms with Crippen molar-refractivity contribution in [1.82, 2.24) is 9.97 Å². The molecule has 0 radical (unpaired) electrons. The first kappa shape index (κ1) is 19.2. The fourth-order valence-electron chi connectivity index (χ4n) is 3.82. The molecule has 1 saturated heterocycles. The first-order valence-electron chi connectivity index (χ1n) is 9.51. The van der Waals surface area contributed by atoms with E-state index in [1.807, 2.05) is 37.4 Å². The predicted octanol–water partition coefficient (Wildman–Crippen LogP) is 5.21. The third-order valence-electron chi connectivity index (χ3n) is 5.16. The van der Waals surface area contributed by atoms with Crippen LogP contribution in [0.2, 0.25) is 0 Å². The van der Waals surface area contributed by atoms with Crippen LogP contribution in [0.25, 0.3) is 10.2 Å². The van der Waals surface area contributed by atoms with E-state index in [9.17, 15) is 4.79 Å². The van der Waals surface area contributed by atoms with Gasteiger partial charge in [0.2, 0.25) is 0 Å². The molecule has 5 nitrogen and oxygen atoms in total. The molecule has 0 unspecified atom stereocenters. The van der Waals surface area contributed by atoms with Crippen LogP contribution < -0.4 is 10.2 Å². The Morgan fingerprint density at radius 1 is 1.36 bits per heavy atom. The molecular formula is C21H24N4OS2. The van der Waals surface area contributed by atoms with E-state index >= 15 is 0 Å². The molecule has 1 aliphatic heterocycles. The Labute approximate surface area is 173 Å². The van der Waals surface area contributed by atoms with Crippen LogP contribution in [0.4, 0.5) is 11.5 Å². The van der Waals surface area contributed by atoms with Crippen molar-refractivity contribution in [3.8, 4) is 0 Å². The molecule has 146 valence electrons. The second-order valence-electron chi connectivity index (χ2n) is 7.29. The van der Waals surface area contributed by atoms with Crippen molar-refractivity contribution in [1.29, 1.82) is 0 Å². The van der Waals surface area contributed by atoms with E-state index < -0.39 is 0 Å². The summed E-state index contributed by atoms with van der Waals surface area (Å²) in [7, 11) is 0. The van der Waals surface area contributed by atoms with Crippen LogP contribution >= 0.6 is 23.1 Å². The smallest absolute Gasteiger partial charge is 0.257 e. The van der Waals surface area contributed by atoms with E-state index in [0.717, 1.165) is 51.0 Å². The number of thiophene rings is 1. The van der Waals surface area contributed by atoms with Gasteiger partial charge in [-0.1, -0.05) is 13.0 Å². The Bertz CT molecular complexity index is 1020. The SMILES string of the molecule is CSc1cccc(NC(=O)c2c(C)sc3ncnc(N4CCC[C@H](C)C4)c23)c1. The lowest BCUT2D eigenvalue weighted by atomic mass is 10.00. The molecule has 1 fully saturated rings. The van der Waals surface area contributed by atoms with Gasteiger partial charge in [0.05, 0.1) is 10.9 Å². The number of amides is 1. The summed E-state index contributed by atoms with van der Waals surface area (Å²) in [4.78, 5) is 27.6. The zero-order valence-electron chi connectivity index (χ0n) is 16.4. The van der Waals surface area contributed by atoms with Gasteiger partial charge in [-0.05, 0) is 50.1 Å². The number of carbonyl (C=O) groups excluding carboxylic acids is 1. The van der Waals surface area contributed by atoms with Crippen LogP contribution in [-0.2, 0) is 0 Å². The van der Waals surface area contributed by atoms with Gasteiger partial charge < -0.3 is 10.2 Å². The Morgan fingerprint density at radius 2 is 2.21 bits per heavy atom. The maximum absolute atomic E-state index is 13.2. The van der Waals surface area contributed by atoms with Gasteiger partial charge in [0, 0.05) is 28.5 Å². The van der Waals surface area contributed by atoms with Crippen molar-refractivity contribution in [2.75, 3.05) is 29.6 Å². The van der Waals surface area contributed by atoms with Crippen molar-refractivity contribution in [2.24, 2.45) is 5.92 Å². The largest absolute Gasteiger partial charge is 0.356 e. The summed E-state index contributed by atoms with van der Waals surface area (Å²) < 4.78 is 0. The number of rotatable bonds is 4. The molecule has 4 rings (SSSR count). The highest BCUT2D eigenvalue weighted by Gasteiger charge is 2.26. The Kier molecular flexibility index (Phi) is 5.55. The number of thioether (sulfide) groups is 1. The molecule has 1 N–H and O–H groups in total. The molecule has 28 heavy (non-hydrogen) atoms. The summed E-state index contributed by atoms with van der Waals surface area (Å²) in [6.07, 6.45) is 6.04. The second kappa shape index (κ2) is 8.09. The Hall–Kier alpha value is -2.12. The zero-order valence-corrected chi connectivity index (χ0v) is 18.0. The van der Waals surface area contributed by atoms with Gasteiger partial charge in [-0.25, -0.2) is 9.97 Å². The van der Waals surface area contributed by atoms with Crippen molar-refractivity contribution >= 4 is 50.7 Å². The molecule has 0 saturated carbocycles. The lowest BCUT2D eigenvalue weighted by Crippen LogP contribution is -2.35. The number of anilines is 2. The number of nitrogens with one attached hydrogen (secondary N) is 1. The van der Waals surface area contributed by atoms with E-state index in [0.29, 0.717) is 11.5 Å². The fourth-order valence-corrected chi connectivity index (χ4v) is 5.26. The number of nitrogens with zero attached hydrogens (tertiary/aromatic N) is 3. The molecule has 0 bridgehead atoms. The maximum Gasteiger partial charge on any atom is 0.257 e. The normalized spacial score (nSPS) is 17.1. The molecular weight excluding hydrogens is 388 g/mol. The van der Waals surface area contributed by atoms with Gasteiger partial charge in [0.25, 0.3) is 5.91 Å². The van der Waals surface area contributed by atoms with Gasteiger partial charge in [0.1, 0.15) is 17.0 Å². The van der Waals surface area contributed by atoms with E-state index in [-0.39, 0.29) is 5.91 Å². The highest BCUT2D eigenvalue weighted by atomic mass is 32.2. The van der Waals surface area contributed by atoms with Crippen LogP contribution in [0.3, 0.4) is 0 Å². The number of aromatic nitrogens is 2. The molecule has 3 aromatic rings. The van der Waals surface area contributed by atoms with Gasteiger partial charge >= 0.3 is 0 Å². The minimum absolute atomic E-state index is 0.0943. The van der Waals surface area contributed by atoms with Crippen LogP contribution in [-0.4, -0.2) is 35.2 Å². The van der Waals surface area contributed by atoms with Gasteiger partial charge in [0.15, 0.2) is 0 Å². The monoisotopic (exact) mass is 412 g/mol. The standard InChI is InChI=1S/C21H24N4OS2/c1-13-6-5-9-25(11-13)19-18-17(14(2)28-21(18)23-12-22-19)20(26)24-15-7-4-8-16(10-15)27-3/h4,7-8,10,12-13H,5-6,9,11H2,1-3H3,(H,24,26)/t13-/m0/s1. The molecule has 1 atom stereocenters. The highest BCUT2D eigenvalue weighted by molar-refractivity contribution is 7.98. The van der Waals surface area contributed by atoms with E-state index in [2.05, 4.69) is 27.1 Å². The number of aryl methyl sites for hydroxylation is 1. The highest BCUT2D eigenvalue weighted by Crippen LogP contribution is 2.36. The molecule has 0 spiro atoms. The lowest BCUT2D eigenvalue weighted by Gasteiger charge is -2.32. The molecule has 3 heterocycles. The van der Waals surface area contributed by atoms with Crippen LogP contribution in [0, 0.1) is 12.8 Å². The van der Waals surface area contributed by atoms with Gasteiger partial charge in [-0.15, -0.1) is 23.1 Å². The summed E-state index contributed by atoms with van der Waals surface area (Å²) in [5, 5.41) is 3.96. The number of piperidine rings is 1. The number of hydrogen-bond acceptors (Lipinski definition) is 6. The molecule has 1 amide bonds. The average Bonchev–Trinajstić information content (AvgIpc) is 3.04. The topological polar surface area (TPSA) is 58.1 Å². The summed E-state index contributed by atoms with van der Waals surface area (Å²) in [6, 6.07) is 7.92. The van der Waals surface area contributed by atoms with E-state index in [1.54, 1.807) is 29.4 Å². The van der Waals surface area contributed by atoms with Crippen LogP contribution in [0.15, 0.2) is 35.5 Å². The lowest BCUT2D eigenvalue weighted by molar-refractivity contribution is 0.102. The average molecular weight is 413 g/mol.